The molecule has 19 heavy (non-hydrogen) atoms. The van der Waals surface area contributed by atoms with E-state index in [9.17, 15) is 0 Å². The van der Waals surface area contributed by atoms with Gasteiger partial charge in [-0.25, -0.2) is 0 Å². The summed E-state index contributed by atoms with van der Waals surface area (Å²) in [6, 6.07) is 0. The first-order chi connectivity index (χ1) is 9.10. The van der Waals surface area contributed by atoms with Crippen molar-refractivity contribution < 1.29 is 4.74 Å². The second-order valence-corrected chi connectivity index (χ2v) is 6.88. The second kappa shape index (κ2) is 6.55. The van der Waals surface area contributed by atoms with Gasteiger partial charge in [0.1, 0.15) is 0 Å². The zero-order chi connectivity index (χ0) is 13.9. The third kappa shape index (κ3) is 3.14. The van der Waals surface area contributed by atoms with E-state index in [-0.39, 0.29) is 5.54 Å². The molecule has 0 aromatic carbocycles. The van der Waals surface area contributed by atoms with Gasteiger partial charge in [-0.15, -0.1) is 0 Å². The normalized spacial score (nSPS) is 38.4. The number of ether oxygens (including phenoxy) is 1. The van der Waals surface area contributed by atoms with Gasteiger partial charge in [0.2, 0.25) is 0 Å². The summed E-state index contributed by atoms with van der Waals surface area (Å²) >= 11 is 0. The smallest absolute Gasteiger partial charge is 0.0674 e. The molecule has 2 fully saturated rings. The fourth-order valence-electron chi connectivity index (χ4n) is 4.38. The Morgan fingerprint density at radius 2 is 2.11 bits per heavy atom. The predicted molar refractivity (Wildman–Crippen MR) is 80.2 cm³/mol. The van der Waals surface area contributed by atoms with Crippen LogP contribution in [0.5, 0.6) is 0 Å². The van der Waals surface area contributed by atoms with Gasteiger partial charge >= 0.3 is 0 Å². The van der Waals surface area contributed by atoms with Crippen LogP contribution in [0.3, 0.4) is 0 Å². The summed E-state index contributed by atoms with van der Waals surface area (Å²) in [6.45, 7) is 10.9. The molecule has 1 aliphatic heterocycles. The van der Waals surface area contributed by atoms with E-state index in [1.54, 1.807) is 0 Å². The largest absolute Gasteiger partial charge is 0.377 e. The monoisotopic (exact) mass is 268 g/mol. The summed E-state index contributed by atoms with van der Waals surface area (Å²) in [7, 11) is 0. The molecule has 1 heterocycles. The van der Waals surface area contributed by atoms with Gasteiger partial charge in [-0.3, -0.25) is 4.90 Å². The zero-order valence-corrected chi connectivity index (χ0v) is 13.0. The number of nitrogens with two attached hydrogens (primary N) is 1. The Balaban J connectivity index is 2.22. The Kier molecular flexibility index (Phi) is 5.27. The van der Waals surface area contributed by atoms with Crippen LogP contribution in [0.1, 0.15) is 52.9 Å². The maximum absolute atomic E-state index is 6.31. The average Bonchev–Trinajstić information content (AvgIpc) is 2.63. The van der Waals surface area contributed by atoms with E-state index in [0.29, 0.717) is 6.10 Å². The summed E-state index contributed by atoms with van der Waals surface area (Å²) in [5, 5.41) is 0. The minimum Gasteiger partial charge on any atom is -0.377 e. The molecule has 3 nitrogen and oxygen atoms in total. The molecule has 0 aromatic rings. The minimum atomic E-state index is 0.231. The molecule has 0 aromatic heterocycles. The molecule has 1 saturated heterocycles. The van der Waals surface area contributed by atoms with E-state index in [1.807, 2.05) is 0 Å². The Morgan fingerprint density at radius 3 is 2.79 bits per heavy atom. The van der Waals surface area contributed by atoms with E-state index in [0.717, 1.165) is 44.5 Å². The first kappa shape index (κ1) is 15.3. The van der Waals surface area contributed by atoms with Gasteiger partial charge in [-0.2, -0.15) is 0 Å². The third-order valence-corrected chi connectivity index (χ3v) is 5.31. The van der Waals surface area contributed by atoms with Crippen LogP contribution >= 0.6 is 0 Å². The first-order valence-corrected chi connectivity index (χ1v) is 8.17. The lowest BCUT2D eigenvalue weighted by Gasteiger charge is -2.53. The van der Waals surface area contributed by atoms with Crippen molar-refractivity contribution in [2.75, 3.05) is 26.2 Å². The molecule has 112 valence electrons. The SMILES string of the molecule is CC1CN(C2(CN)CCCCC2C(C)C)CCCO1. The lowest BCUT2D eigenvalue weighted by molar-refractivity contribution is -0.0274. The fraction of sp³-hybridized carbons (Fsp3) is 1.00. The van der Waals surface area contributed by atoms with Crippen molar-refractivity contribution in [1.29, 1.82) is 0 Å². The molecule has 0 amide bonds. The van der Waals surface area contributed by atoms with Crippen LogP contribution in [-0.2, 0) is 4.74 Å². The highest BCUT2D eigenvalue weighted by molar-refractivity contribution is 5.01. The van der Waals surface area contributed by atoms with Crippen molar-refractivity contribution in [3.05, 3.63) is 0 Å². The van der Waals surface area contributed by atoms with Gasteiger partial charge < -0.3 is 10.5 Å². The van der Waals surface area contributed by atoms with Crippen LogP contribution < -0.4 is 5.73 Å². The summed E-state index contributed by atoms with van der Waals surface area (Å²) in [6.07, 6.45) is 6.84. The van der Waals surface area contributed by atoms with E-state index in [1.165, 1.54) is 25.7 Å². The van der Waals surface area contributed by atoms with E-state index >= 15 is 0 Å². The molecule has 3 heteroatoms. The van der Waals surface area contributed by atoms with E-state index in [4.69, 9.17) is 10.5 Å². The topological polar surface area (TPSA) is 38.5 Å². The van der Waals surface area contributed by atoms with Crippen molar-refractivity contribution in [2.24, 2.45) is 17.6 Å². The number of nitrogens with zero attached hydrogens (tertiary/aromatic N) is 1. The molecule has 1 aliphatic carbocycles. The van der Waals surface area contributed by atoms with Crippen LogP contribution in [0.2, 0.25) is 0 Å². The van der Waals surface area contributed by atoms with Crippen molar-refractivity contribution in [3.63, 3.8) is 0 Å². The van der Waals surface area contributed by atoms with Crippen molar-refractivity contribution >= 4 is 0 Å². The average molecular weight is 268 g/mol. The van der Waals surface area contributed by atoms with E-state index < -0.39 is 0 Å². The number of rotatable bonds is 3. The van der Waals surface area contributed by atoms with Gasteiger partial charge in [0.15, 0.2) is 0 Å². The fourth-order valence-corrected chi connectivity index (χ4v) is 4.38. The molecule has 1 saturated carbocycles. The Labute approximate surface area is 118 Å². The Bertz CT molecular complexity index is 282. The molecule has 3 unspecified atom stereocenters. The quantitative estimate of drug-likeness (QED) is 0.855. The Morgan fingerprint density at radius 1 is 1.32 bits per heavy atom. The van der Waals surface area contributed by atoms with Crippen LogP contribution in [0.4, 0.5) is 0 Å². The molecule has 0 radical (unpaired) electrons. The zero-order valence-electron chi connectivity index (χ0n) is 13.0. The van der Waals surface area contributed by atoms with Gasteiger partial charge in [0.25, 0.3) is 0 Å². The van der Waals surface area contributed by atoms with Crippen LogP contribution in [0.15, 0.2) is 0 Å². The summed E-state index contributed by atoms with van der Waals surface area (Å²) in [4.78, 5) is 2.69. The van der Waals surface area contributed by atoms with Crippen molar-refractivity contribution in [3.8, 4) is 0 Å². The second-order valence-electron chi connectivity index (χ2n) is 6.88. The highest BCUT2D eigenvalue weighted by atomic mass is 16.5. The third-order valence-electron chi connectivity index (χ3n) is 5.31. The van der Waals surface area contributed by atoms with Gasteiger partial charge in [-0.05, 0) is 38.0 Å². The van der Waals surface area contributed by atoms with Crippen molar-refractivity contribution in [1.82, 2.24) is 4.90 Å². The van der Waals surface area contributed by atoms with Crippen LogP contribution in [0, 0.1) is 11.8 Å². The molecule has 2 aliphatic rings. The molecule has 0 spiro atoms. The molecular formula is C16H32N2O. The maximum atomic E-state index is 6.31. The Hall–Kier alpha value is -0.120. The predicted octanol–water partition coefficient (Wildman–Crippen LogP) is 2.64. The first-order valence-electron chi connectivity index (χ1n) is 8.17. The standard InChI is InChI=1S/C16H32N2O/c1-13(2)15-7-4-5-8-16(15,12-17)18-9-6-10-19-14(3)11-18/h13-15H,4-12,17H2,1-3H3. The lowest BCUT2D eigenvalue weighted by atomic mass is 9.66. The number of hydrogen-bond donors (Lipinski definition) is 1. The lowest BCUT2D eigenvalue weighted by Crippen LogP contribution is -2.62. The summed E-state index contributed by atoms with van der Waals surface area (Å²) < 4.78 is 5.83. The molecule has 0 bridgehead atoms. The molecule has 3 atom stereocenters. The van der Waals surface area contributed by atoms with E-state index in [2.05, 4.69) is 25.7 Å². The van der Waals surface area contributed by atoms with Crippen LogP contribution in [0.25, 0.3) is 0 Å². The number of hydrogen-bond acceptors (Lipinski definition) is 3. The highest BCUT2D eigenvalue weighted by Crippen LogP contribution is 2.42. The summed E-state index contributed by atoms with van der Waals surface area (Å²) in [5.41, 5.74) is 6.54. The van der Waals surface area contributed by atoms with Crippen molar-refractivity contribution in [2.45, 2.75) is 64.5 Å². The van der Waals surface area contributed by atoms with Gasteiger partial charge in [0, 0.05) is 31.8 Å². The highest BCUT2D eigenvalue weighted by Gasteiger charge is 2.45. The molecule has 2 rings (SSSR count). The maximum Gasteiger partial charge on any atom is 0.0674 e. The van der Waals surface area contributed by atoms with Gasteiger partial charge in [-0.1, -0.05) is 26.7 Å². The minimum absolute atomic E-state index is 0.231. The molecule has 2 N–H and O–H groups in total. The molecular weight excluding hydrogens is 236 g/mol. The summed E-state index contributed by atoms with van der Waals surface area (Å²) in [5.74, 6) is 1.47. The van der Waals surface area contributed by atoms with Gasteiger partial charge in [0.05, 0.1) is 6.10 Å². The van der Waals surface area contributed by atoms with Crippen LogP contribution in [-0.4, -0.2) is 42.8 Å².